The maximum Gasteiger partial charge on any atom is 0.261 e. The van der Waals surface area contributed by atoms with E-state index < -0.39 is 12.1 Å². The van der Waals surface area contributed by atoms with Crippen molar-refractivity contribution in [1.29, 1.82) is 0 Å². The van der Waals surface area contributed by atoms with Crippen molar-refractivity contribution in [3.63, 3.8) is 0 Å². The Hall–Kier alpha value is -1.46. The van der Waals surface area contributed by atoms with Gasteiger partial charge in [-0.25, -0.2) is 0 Å². The minimum Gasteiger partial charge on any atom is -0.479 e. The molecular formula is C17H22Cl2N2O3. The van der Waals surface area contributed by atoms with Crippen LogP contribution in [0, 0.1) is 0 Å². The van der Waals surface area contributed by atoms with Crippen molar-refractivity contribution in [3.05, 3.63) is 28.2 Å². The highest BCUT2D eigenvalue weighted by atomic mass is 35.5. The second-order valence-corrected chi connectivity index (χ2v) is 6.79. The van der Waals surface area contributed by atoms with Crippen LogP contribution in [-0.2, 0) is 9.59 Å². The van der Waals surface area contributed by atoms with E-state index in [1.807, 2.05) is 0 Å². The molecule has 2 atom stereocenters. The quantitative estimate of drug-likeness (QED) is 0.862. The van der Waals surface area contributed by atoms with E-state index in [0.29, 0.717) is 15.8 Å². The third kappa shape index (κ3) is 5.02. The minimum atomic E-state index is -0.778. The first-order valence-corrected chi connectivity index (χ1v) is 8.85. The molecule has 2 unspecified atom stereocenters. The van der Waals surface area contributed by atoms with Crippen molar-refractivity contribution in [3.8, 4) is 5.75 Å². The number of benzene rings is 1. The highest BCUT2D eigenvalue weighted by Gasteiger charge is 2.25. The van der Waals surface area contributed by atoms with Gasteiger partial charge in [-0.05, 0) is 51.3 Å². The van der Waals surface area contributed by atoms with Gasteiger partial charge in [-0.1, -0.05) is 23.2 Å². The Balaban J connectivity index is 1.89. The zero-order chi connectivity index (χ0) is 17.7. The molecule has 1 heterocycles. The summed E-state index contributed by atoms with van der Waals surface area (Å²) in [6.07, 6.45) is 2.40. The number of hydrogen-bond donors (Lipinski definition) is 1. The summed E-state index contributed by atoms with van der Waals surface area (Å²) in [5.41, 5.74) is 0. The second kappa shape index (κ2) is 8.58. The number of amides is 2. The van der Waals surface area contributed by atoms with Crippen molar-refractivity contribution in [2.24, 2.45) is 0 Å². The van der Waals surface area contributed by atoms with Crippen LogP contribution in [-0.4, -0.2) is 41.9 Å². The van der Waals surface area contributed by atoms with E-state index in [0.717, 1.165) is 32.4 Å². The molecule has 2 amide bonds. The number of carbonyl (C=O) groups excluding carboxylic acids is 2. The summed E-state index contributed by atoms with van der Waals surface area (Å²) in [4.78, 5) is 26.4. The van der Waals surface area contributed by atoms with Crippen LogP contribution in [0.3, 0.4) is 0 Å². The molecule has 0 radical (unpaired) electrons. The van der Waals surface area contributed by atoms with Gasteiger partial charge in [-0.15, -0.1) is 0 Å². The molecular weight excluding hydrogens is 351 g/mol. The zero-order valence-electron chi connectivity index (χ0n) is 13.9. The lowest BCUT2D eigenvalue weighted by molar-refractivity contribution is -0.138. The highest BCUT2D eigenvalue weighted by molar-refractivity contribution is 6.35. The fourth-order valence-corrected chi connectivity index (χ4v) is 3.05. The predicted molar refractivity (Wildman–Crippen MR) is 94.6 cm³/mol. The Labute approximate surface area is 152 Å². The standard InChI is InChI=1S/C17H22Cl2N2O3/c1-11(17(23)21-8-4-3-5-9-21)20-16(22)12(2)24-15-7-6-13(18)10-14(15)19/h6-7,10-12H,3-5,8-9H2,1-2H3,(H,20,22). The van der Waals surface area contributed by atoms with Gasteiger partial charge in [0.2, 0.25) is 5.91 Å². The van der Waals surface area contributed by atoms with Gasteiger partial charge in [0.25, 0.3) is 5.91 Å². The van der Waals surface area contributed by atoms with E-state index in [1.54, 1.807) is 36.9 Å². The van der Waals surface area contributed by atoms with Crippen LogP contribution in [0.25, 0.3) is 0 Å². The van der Waals surface area contributed by atoms with Gasteiger partial charge >= 0.3 is 0 Å². The molecule has 24 heavy (non-hydrogen) atoms. The normalized spacial score (nSPS) is 17.1. The molecule has 0 saturated carbocycles. The number of carbonyl (C=O) groups is 2. The monoisotopic (exact) mass is 372 g/mol. The fraction of sp³-hybridized carbons (Fsp3) is 0.529. The maximum atomic E-state index is 12.3. The summed E-state index contributed by atoms with van der Waals surface area (Å²) in [7, 11) is 0. The molecule has 1 aliphatic rings. The van der Waals surface area contributed by atoms with Crippen LogP contribution in [0.5, 0.6) is 5.75 Å². The van der Waals surface area contributed by atoms with Crippen LogP contribution in [0.4, 0.5) is 0 Å². The third-order valence-electron chi connectivity index (χ3n) is 3.96. The molecule has 0 aliphatic carbocycles. The van der Waals surface area contributed by atoms with Crippen LogP contribution >= 0.6 is 23.2 Å². The molecule has 1 fully saturated rings. The summed E-state index contributed by atoms with van der Waals surface area (Å²) in [6, 6.07) is 4.21. The number of nitrogens with one attached hydrogen (secondary N) is 1. The number of halogens is 2. The average molecular weight is 373 g/mol. The second-order valence-electron chi connectivity index (χ2n) is 5.95. The van der Waals surface area contributed by atoms with E-state index >= 15 is 0 Å². The van der Waals surface area contributed by atoms with Crippen LogP contribution < -0.4 is 10.1 Å². The third-order valence-corrected chi connectivity index (χ3v) is 4.49. The van der Waals surface area contributed by atoms with Gasteiger partial charge in [-0.3, -0.25) is 9.59 Å². The summed E-state index contributed by atoms with van der Waals surface area (Å²) < 4.78 is 5.56. The lowest BCUT2D eigenvalue weighted by Crippen LogP contribution is -2.51. The van der Waals surface area contributed by atoms with Gasteiger partial charge in [0.05, 0.1) is 5.02 Å². The molecule has 1 N–H and O–H groups in total. The van der Waals surface area contributed by atoms with Gasteiger partial charge in [0.1, 0.15) is 11.8 Å². The molecule has 0 spiro atoms. The summed E-state index contributed by atoms with van der Waals surface area (Å²) in [6.45, 7) is 4.81. The number of rotatable bonds is 5. The summed E-state index contributed by atoms with van der Waals surface area (Å²) in [5.74, 6) is -0.0441. The molecule has 0 aromatic heterocycles. The molecule has 132 valence electrons. The molecule has 1 aromatic rings. The number of piperidine rings is 1. The van der Waals surface area contributed by atoms with Crippen LogP contribution in [0.15, 0.2) is 18.2 Å². The topological polar surface area (TPSA) is 58.6 Å². The molecule has 1 aromatic carbocycles. The molecule has 5 nitrogen and oxygen atoms in total. The van der Waals surface area contributed by atoms with Crippen LogP contribution in [0.1, 0.15) is 33.1 Å². The van der Waals surface area contributed by atoms with Gasteiger partial charge in [0, 0.05) is 18.1 Å². The van der Waals surface area contributed by atoms with E-state index in [2.05, 4.69) is 5.32 Å². The van der Waals surface area contributed by atoms with E-state index in [9.17, 15) is 9.59 Å². The number of nitrogens with zero attached hydrogens (tertiary/aromatic N) is 1. The van der Waals surface area contributed by atoms with E-state index in [4.69, 9.17) is 27.9 Å². The van der Waals surface area contributed by atoms with Gasteiger partial charge in [-0.2, -0.15) is 0 Å². The zero-order valence-corrected chi connectivity index (χ0v) is 15.4. The molecule has 7 heteroatoms. The Morgan fingerprint density at radius 3 is 2.46 bits per heavy atom. The molecule has 1 aliphatic heterocycles. The number of hydrogen-bond acceptors (Lipinski definition) is 3. The lowest BCUT2D eigenvalue weighted by Gasteiger charge is -2.29. The Morgan fingerprint density at radius 2 is 1.83 bits per heavy atom. The highest BCUT2D eigenvalue weighted by Crippen LogP contribution is 2.28. The van der Waals surface area contributed by atoms with E-state index in [1.165, 1.54) is 0 Å². The van der Waals surface area contributed by atoms with Gasteiger partial charge in [0.15, 0.2) is 6.10 Å². The lowest BCUT2D eigenvalue weighted by atomic mass is 10.1. The smallest absolute Gasteiger partial charge is 0.261 e. The minimum absolute atomic E-state index is 0.0558. The molecule has 2 rings (SSSR count). The SMILES string of the molecule is CC(NC(=O)C(C)Oc1ccc(Cl)cc1Cl)C(=O)N1CCCCC1. The first-order valence-electron chi connectivity index (χ1n) is 8.09. The number of ether oxygens (including phenoxy) is 1. The largest absolute Gasteiger partial charge is 0.479 e. The first kappa shape index (κ1) is 18.9. The average Bonchev–Trinajstić information content (AvgIpc) is 2.57. The first-order chi connectivity index (χ1) is 11.4. The van der Waals surface area contributed by atoms with Crippen LogP contribution in [0.2, 0.25) is 10.0 Å². The predicted octanol–water partition coefficient (Wildman–Crippen LogP) is 3.28. The Kier molecular flexibility index (Phi) is 6.75. The molecule has 1 saturated heterocycles. The van der Waals surface area contributed by atoms with Crippen molar-refractivity contribution >= 4 is 35.0 Å². The Bertz CT molecular complexity index is 603. The maximum absolute atomic E-state index is 12.3. The summed E-state index contributed by atoms with van der Waals surface area (Å²) >= 11 is 11.9. The molecule has 0 bridgehead atoms. The van der Waals surface area contributed by atoms with E-state index in [-0.39, 0.29) is 11.8 Å². The van der Waals surface area contributed by atoms with Gasteiger partial charge < -0.3 is 15.0 Å². The van der Waals surface area contributed by atoms with Crippen molar-refractivity contribution < 1.29 is 14.3 Å². The summed E-state index contributed by atoms with van der Waals surface area (Å²) in [5, 5.41) is 3.53. The van der Waals surface area contributed by atoms with Crippen molar-refractivity contribution in [1.82, 2.24) is 10.2 Å². The number of likely N-dealkylation sites (tertiary alicyclic amines) is 1. The Morgan fingerprint density at radius 1 is 1.17 bits per heavy atom. The van der Waals surface area contributed by atoms with Crippen molar-refractivity contribution in [2.45, 2.75) is 45.3 Å². The van der Waals surface area contributed by atoms with Crippen molar-refractivity contribution in [2.75, 3.05) is 13.1 Å². The fourth-order valence-electron chi connectivity index (χ4n) is 2.60.